The lowest BCUT2D eigenvalue weighted by Crippen LogP contribution is -2.27. The number of fused-ring (bicyclic) bond motifs is 1. The van der Waals surface area contributed by atoms with Crippen LogP contribution in [0.15, 0.2) is 47.4 Å². The summed E-state index contributed by atoms with van der Waals surface area (Å²) in [6.45, 7) is 1.09. The molecule has 1 saturated heterocycles. The fraction of sp³-hybridized carbons (Fsp3) is 0.211. The summed E-state index contributed by atoms with van der Waals surface area (Å²) in [6.07, 6.45) is 2.51. The molecule has 2 heterocycles. The average Bonchev–Trinajstić information content (AvgIpc) is 3.29. The van der Waals surface area contributed by atoms with E-state index >= 15 is 0 Å². The van der Waals surface area contributed by atoms with Crippen LogP contribution in [0.25, 0.3) is 22.2 Å². The number of H-pyrrole nitrogens is 1. The smallest absolute Gasteiger partial charge is 0.243 e. The molecule has 0 amide bonds. The van der Waals surface area contributed by atoms with Gasteiger partial charge in [0, 0.05) is 40.1 Å². The molecular weight excluding hydrogens is 372 g/mol. The number of benzene rings is 2. The summed E-state index contributed by atoms with van der Waals surface area (Å²) in [5.41, 5.74) is 2.55. The molecule has 3 aromatic rings. The molecule has 5 nitrogen and oxygen atoms in total. The van der Waals surface area contributed by atoms with Crippen molar-refractivity contribution < 1.29 is 13.2 Å². The molecular formula is C19H17ClN2O3S. The number of nitrogens with zero attached hydrogens (tertiary/aromatic N) is 1. The van der Waals surface area contributed by atoms with Crippen LogP contribution in [0.2, 0.25) is 5.02 Å². The number of aldehydes is 1. The van der Waals surface area contributed by atoms with Crippen molar-refractivity contribution in [2.24, 2.45) is 0 Å². The highest BCUT2D eigenvalue weighted by molar-refractivity contribution is 7.89. The lowest BCUT2D eigenvalue weighted by molar-refractivity contribution is 0.112. The summed E-state index contributed by atoms with van der Waals surface area (Å²) in [4.78, 5) is 15.2. The second kappa shape index (κ2) is 6.54. The molecule has 0 unspecified atom stereocenters. The van der Waals surface area contributed by atoms with Crippen LogP contribution in [0.1, 0.15) is 23.2 Å². The van der Waals surface area contributed by atoms with E-state index in [-0.39, 0.29) is 4.90 Å². The molecule has 4 rings (SSSR count). The largest absolute Gasteiger partial charge is 0.354 e. The number of aromatic nitrogens is 1. The maximum atomic E-state index is 12.8. The molecule has 1 N–H and O–H groups in total. The van der Waals surface area contributed by atoms with Gasteiger partial charge >= 0.3 is 0 Å². The first-order valence-corrected chi connectivity index (χ1v) is 10.2. The van der Waals surface area contributed by atoms with Crippen molar-refractivity contribution in [1.29, 1.82) is 0 Å². The quantitative estimate of drug-likeness (QED) is 0.684. The molecule has 0 bridgehead atoms. The number of aromatic amines is 1. The van der Waals surface area contributed by atoms with Gasteiger partial charge in [-0.05, 0) is 43.2 Å². The molecule has 1 aliphatic heterocycles. The molecule has 1 aromatic heterocycles. The molecule has 7 heteroatoms. The first-order valence-electron chi connectivity index (χ1n) is 8.38. The third-order valence-corrected chi connectivity index (χ3v) is 6.87. The van der Waals surface area contributed by atoms with Crippen LogP contribution in [-0.4, -0.2) is 37.1 Å². The van der Waals surface area contributed by atoms with Gasteiger partial charge in [0.1, 0.15) is 0 Å². The fourth-order valence-corrected chi connectivity index (χ4v) is 5.16. The number of rotatable bonds is 4. The summed E-state index contributed by atoms with van der Waals surface area (Å²) in [6, 6.07) is 12.1. The van der Waals surface area contributed by atoms with Gasteiger partial charge in [0.2, 0.25) is 10.0 Å². The zero-order chi connectivity index (χ0) is 18.3. The van der Waals surface area contributed by atoms with Gasteiger partial charge in [-0.3, -0.25) is 4.79 Å². The number of halogens is 1. The third kappa shape index (κ3) is 2.84. The first-order chi connectivity index (χ1) is 12.5. The Morgan fingerprint density at radius 2 is 1.85 bits per heavy atom. The third-order valence-electron chi connectivity index (χ3n) is 4.74. The minimum atomic E-state index is -3.53. The number of nitrogens with one attached hydrogen (secondary N) is 1. The van der Waals surface area contributed by atoms with Gasteiger partial charge in [0.05, 0.1) is 10.6 Å². The van der Waals surface area contributed by atoms with Crippen LogP contribution >= 0.6 is 11.6 Å². The van der Waals surface area contributed by atoms with E-state index < -0.39 is 10.0 Å². The summed E-state index contributed by atoms with van der Waals surface area (Å²) in [7, 11) is -3.53. The molecule has 0 atom stereocenters. The SMILES string of the molecule is O=Cc1c(-c2cccc(Cl)c2)[nH]c2ccc(S(=O)(=O)N3CCCC3)cc12. The standard InChI is InChI=1S/C19H17ClN2O3S/c20-14-5-3-4-13(10-14)19-17(12-23)16-11-15(6-7-18(16)21-19)26(24,25)22-8-1-2-9-22/h3-7,10-12,21H,1-2,8-9H2. The molecule has 0 radical (unpaired) electrons. The molecule has 1 fully saturated rings. The van der Waals surface area contributed by atoms with Crippen LogP contribution in [0.3, 0.4) is 0 Å². The number of sulfonamides is 1. The summed E-state index contributed by atoms with van der Waals surface area (Å²) in [5, 5.41) is 1.16. The van der Waals surface area contributed by atoms with E-state index in [0.717, 1.165) is 24.7 Å². The highest BCUT2D eigenvalue weighted by Crippen LogP contribution is 2.32. The van der Waals surface area contributed by atoms with E-state index in [1.807, 2.05) is 6.07 Å². The van der Waals surface area contributed by atoms with E-state index in [0.29, 0.717) is 40.3 Å². The Kier molecular flexibility index (Phi) is 4.34. The van der Waals surface area contributed by atoms with Crippen molar-refractivity contribution in [3.63, 3.8) is 0 Å². The van der Waals surface area contributed by atoms with Crippen molar-refractivity contribution >= 4 is 38.8 Å². The molecule has 2 aromatic carbocycles. The minimum absolute atomic E-state index is 0.214. The second-order valence-electron chi connectivity index (χ2n) is 6.36. The Balaban J connectivity index is 1.87. The van der Waals surface area contributed by atoms with E-state index in [1.54, 1.807) is 36.4 Å². The number of carbonyl (C=O) groups excluding carboxylic acids is 1. The predicted octanol–water partition coefficient (Wildman–Crippen LogP) is 4.09. The zero-order valence-corrected chi connectivity index (χ0v) is 15.5. The Hall–Kier alpha value is -2.15. The maximum Gasteiger partial charge on any atom is 0.243 e. The number of hydrogen-bond acceptors (Lipinski definition) is 3. The highest BCUT2D eigenvalue weighted by atomic mass is 35.5. The van der Waals surface area contributed by atoms with Gasteiger partial charge in [-0.1, -0.05) is 23.7 Å². The van der Waals surface area contributed by atoms with Crippen LogP contribution in [-0.2, 0) is 10.0 Å². The lowest BCUT2D eigenvalue weighted by Gasteiger charge is -2.15. The molecule has 0 saturated carbocycles. The molecule has 0 spiro atoms. The summed E-state index contributed by atoms with van der Waals surface area (Å²) >= 11 is 6.06. The highest BCUT2D eigenvalue weighted by Gasteiger charge is 2.28. The van der Waals surface area contributed by atoms with Gasteiger partial charge in [-0.15, -0.1) is 0 Å². The van der Waals surface area contributed by atoms with Crippen molar-refractivity contribution in [2.45, 2.75) is 17.7 Å². The summed E-state index contributed by atoms with van der Waals surface area (Å²) in [5.74, 6) is 0. The van der Waals surface area contributed by atoms with Crippen LogP contribution in [0.4, 0.5) is 0 Å². The van der Waals surface area contributed by atoms with Gasteiger partial charge in [-0.25, -0.2) is 8.42 Å². The van der Waals surface area contributed by atoms with Gasteiger partial charge in [0.15, 0.2) is 6.29 Å². The first kappa shape index (κ1) is 17.3. The number of carbonyl (C=O) groups is 1. The van der Waals surface area contributed by atoms with Crippen LogP contribution in [0, 0.1) is 0 Å². The van der Waals surface area contributed by atoms with E-state index in [2.05, 4.69) is 4.98 Å². The van der Waals surface area contributed by atoms with Crippen molar-refractivity contribution in [3.8, 4) is 11.3 Å². The Morgan fingerprint density at radius 3 is 2.54 bits per heavy atom. The fourth-order valence-electron chi connectivity index (χ4n) is 3.42. The van der Waals surface area contributed by atoms with Gasteiger partial charge in [0.25, 0.3) is 0 Å². The van der Waals surface area contributed by atoms with Crippen molar-refractivity contribution in [2.75, 3.05) is 13.1 Å². The Labute approximate surface area is 156 Å². The number of hydrogen-bond donors (Lipinski definition) is 1. The molecule has 0 aliphatic carbocycles. The van der Waals surface area contributed by atoms with Crippen LogP contribution < -0.4 is 0 Å². The lowest BCUT2D eigenvalue weighted by atomic mass is 10.1. The Morgan fingerprint density at radius 1 is 1.08 bits per heavy atom. The second-order valence-corrected chi connectivity index (χ2v) is 8.73. The van der Waals surface area contributed by atoms with Gasteiger partial charge in [-0.2, -0.15) is 4.31 Å². The predicted molar refractivity (Wildman–Crippen MR) is 102 cm³/mol. The van der Waals surface area contributed by atoms with Crippen molar-refractivity contribution in [1.82, 2.24) is 9.29 Å². The average molecular weight is 389 g/mol. The zero-order valence-electron chi connectivity index (χ0n) is 13.9. The summed E-state index contributed by atoms with van der Waals surface area (Å²) < 4.78 is 27.1. The molecule has 1 aliphatic rings. The normalized spacial score (nSPS) is 15.6. The maximum absolute atomic E-state index is 12.8. The van der Waals surface area contributed by atoms with Crippen molar-refractivity contribution in [3.05, 3.63) is 53.1 Å². The Bertz CT molecular complexity index is 1100. The van der Waals surface area contributed by atoms with Gasteiger partial charge < -0.3 is 4.98 Å². The van der Waals surface area contributed by atoms with E-state index in [4.69, 9.17) is 11.6 Å². The van der Waals surface area contributed by atoms with E-state index in [1.165, 1.54) is 4.31 Å². The monoisotopic (exact) mass is 388 g/mol. The molecule has 134 valence electrons. The minimum Gasteiger partial charge on any atom is -0.354 e. The van der Waals surface area contributed by atoms with E-state index in [9.17, 15) is 13.2 Å². The topological polar surface area (TPSA) is 70.2 Å². The van der Waals surface area contributed by atoms with Crippen LogP contribution in [0.5, 0.6) is 0 Å². The molecule has 26 heavy (non-hydrogen) atoms.